The van der Waals surface area contributed by atoms with Crippen LogP contribution in [0.2, 0.25) is 0 Å². The van der Waals surface area contributed by atoms with Gasteiger partial charge in [0.1, 0.15) is 17.9 Å². The minimum Gasteiger partial charge on any atom is -0.491 e. The summed E-state index contributed by atoms with van der Waals surface area (Å²) in [5.41, 5.74) is 5.68. The van der Waals surface area contributed by atoms with Crippen molar-refractivity contribution in [1.82, 2.24) is 9.47 Å². The molecule has 0 radical (unpaired) electrons. The van der Waals surface area contributed by atoms with Crippen LogP contribution in [0.15, 0.2) is 72.8 Å². The zero-order valence-electron chi connectivity index (χ0n) is 26.1. The first-order valence-corrected chi connectivity index (χ1v) is 16.3. The highest BCUT2D eigenvalue weighted by atomic mass is 16.5. The molecule has 3 aliphatic rings. The number of benzene rings is 3. The van der Waals surface area contributed by atoms with Gasteiger partial charge in [0.15, 0.2) is 0 Å². The molecule has 1 aliphatic heterocycles. The molecule has 0 unspecified atom stereocenters. The van der Waals surface area contributed by atoms with Gasteiger partial charge in [-0.3, -0.25) is 9.59 Å². The summed E-state index contributed by atoms with van der Waals surface area (Å²) in [6.07, 6.45) is 10.7. The summed E-state index contributed by atoms with van der Waals surface area (Å²) in [7, 11) is 1.74. The number of nitrogens with one attached hydrogen (secondary N) is 1. The first-order valence-electron chi connectivity index (χ1n) is 16.3. The molecule has 2 fully saturated rings. The lowest BCUT2D eigenvalue weighted by Crippen LogP contribution is -2.61. The summed E-state index contributed by atoms with van der Waals surface area (Å²) >= 11 is 0. The van der Waals surface area contributed by atoms with E-state index in [1.54, 1.807) is 36.2 Å². The highest BCUT2D eigenvalue weighted by Crippen LogP contribution is 2.47. The number of likely N-dealkylation sites (N-methyl/N-ethyl adjacent to an activating group) is 1. The molecule has 2 heterocycles. The first-order chi connectivity index (χ1) is 22.4. The topological polar surface area (TPSA) is 101 Å². The Hall–Kier alpha value is -4.85. The number of anilines is 1. The Balaban J connectivity index is 1.20. The van der Waals surface area contributed by atoms with Crippen LogP contribution in [-0.2, 0) is 16.1 Å². The van der Waals surface area contributed by atoms with Crippen LogP contribution in [0, 0.1) is 0 Å². The monoisotopic (exact) mass is 617 g/mol. The number of hydrogen-bond donors (Lipinski definition) is 2. The van der Waals surface area contributed by atoms with Crippen LogP contribution < -0.4 is 10.1 Å². The normalized spacial score (nSPS) is 17.3. The van der Waals surface area contributed by atoms with Crippen molar-refractivity contribution in [2.75, 3.05) is 19.0 Å². The molecule has 2 N–H and O–H groups in total. The summed E-state index contributed by atoms with van der Waals surface area (Å²) in [6, 6.07) is 21.3. The van der Waals surface area contributed by atoms with Crippen molar-refractivity contribution in [1.29, 1.82) is 0 Å². The van der Waals surface area contributed by atoms with Gasteiger partial charge in [0.2, 0.25) is 5.91 Å². The van der Waals surface area contributed by atoms with Crippen molar-refractivity contribution in [3.63, 3.8) is 0 Å². The van der Waals surface area contributed by atoms with Crippen LogP contribution in [0.5, 0.6) is 5.75 Å². The fourth-order valence-electron chi connectivity index (χ4n) is 7.58. The highest BCUT2D eigenvalue weighted by molar-refractivity contribution is 6.06. The first kappa shape index (κ1) is 29.8. The van der Waals surface area contributed by atoms with Crippen LogP contribution in [0.4, 0.5) is 5.69 Å². The third-order valence-corrected chi connectivity index (χ3v) is 10.2. The van der Waals surface area contributed by atoms with E-state index in [4.69, 9.17) is 9.84 Å². The number of carbonyl (C=O) groups is 3. The fourth-order valence-corrected chi connectivity index (χ4v) is 7.58. The molecular weight excluding hydrogens is 578 g/mol. The summed E-state index contributed by atoms with van der Waals surface area (Å²) in [5.74, 6) is -0.0404. The fraction of sp³-hybridized carbons (Fsp3) is 0.342. The third kappa shape index (κ3) is 5.25. The van der Waals surface area contributed by atoms with E-state index in [0.29, 0.717) is 48.7 Å². The molecule has 8 heteroatoms. The number of carboxylic acid groups (broad SMARTS) is 1. The molecule has 236 valence electrons. The van der Waals surface area contributed by atoms with E-state index in [9.17, 15) is 14.4 Å². The molecule has 3 aromatic carbocycles. The molecule has 2 aliphatic carbocycles. The number of nitrogens with zero attached hydrogens (tertiary/aromatic N) is 2. The zero-order chi connectivity index (χ0) is 31.8. The zero-order valence-corrected chi connectivity index (χ0v) is 26.1. The van der Waals surface area contributed by atoms with E-state index in [-0.39, 0.29) is 11.8 Å². The standard InChI is InChI=1S/C38H39N3O5/c1-40(38(20-7-21-38)37(45)39-28-16-12-25(13-17-28)14-19-33(42)43)36(44)27-15-18-29-31(24-27)41-22-23-46-32-11-6-5-10-30(32)35(41)34(29)26-8-3-2-4-9-26/h5-6,10-19,24,26H,2-4,7-9,20-23H2,1H3,(H,39,45)(H,42,43). The molecule has 0 spiro atoms. The predicted molar refractivity (Wildman–Crippen MR) is 179 cm³/mol. The maximum absolute atomic E-state index is 14.2. The van der Waals surface area contributed by atoms with Crippen molar-refractivity contribution >= 4 is 40.4 Å². The molecule has 0 atom stereocenters. The molecule has 8 nitrogen and oxygen atoms in total. The van der Waals surface area contributed by atoms with Gasteiger partial charge in [-0.15, -0.1) is 0 Å². The molecule has 0 bridgehead atoms. The molecule has 2 amide bonds. The number of aromatic nitrogens is 1. The SMILES string of the molecule is CN(C(=O)c1ccc2c(C3CCCCC3)c3n(c2c1)CCOc1ccccc1-3)C1(C(=O)Nc2ccc(C=CC(=O)O)cc2)CCC1. The van der Waals surface area contributed by atoms with E-state index in [1.165, 1.54) is 42.0 Å². The Morgan fingerprint density at radius 2 is 1.74 bits per heavy atom. The van der Waals surface area contributed by atoms with Crippen molar-refractivity contribution in [2.45, 2.75) is 69.4 Å². The Bertz CT molecular complexity index is 1840. The number of hydrogen-bond acceptors (Lipinski definition) is 4. The molecule has 2 saturated carbocycles. The summed E-state index contributed by atoms with van der Waals surface area (Å²) in [4.78, 5) is 40.3. The van der Waals surface area contributed by atoms with Crippen LogP contribution >= 0.6 is 0 Å². The van der Waals surface area contributed by atoms with Gasteiger partial charge in [-0.2, -0.15) is 0 Å². The Kier molecular flexibility index (Phi) is 7.89. The number of carbonyl (C=O) groups excluding carboxylic acids is 2. The number of aliphatic carboxylic acids is 1. The second-order valence-electron chi connectivity index (χ2n) is 12.8. The largest absolute Gasteiger partial charge is 0.491 e. The average molecular weight is 618 g/mol. The lowest BCUT2D eigenvalue weighted by atomic mass is 9.74. The summed E-state index contributed by atoms with van der Waals surface area (Å²) in [5, 5.41) is 13.1. The Morgan fingerprint density at radius 3 is 2.46 bits per heavy atom. The second-order valence-corrected chi connectivity index (χ2v) is 12.8. The van der Waals surface area contributed by atoms with Crippen molar-refractivity contribution in [2.24, 2.45) is 0 Å². The van der Waals surface area contributed by atoms with Gasteiger partial charge < -0.3 is 24.6 Å². The molecular formula is C38H39N3O5. The average Bonchev–Trinajstić information content (AvgIpc) is 3.24. The van der Waals surface area contributed by atoms with E-state index in [2.05, 4.69) is 28.1 Å². The Morgan fingerprint density at radius 1 is 0.978 bits per heavy atom. The van der Waals surface area contributed by atoms with Gasteiger partial charge >= 0.3 is 5.97 Å². The van der Waals surface area contributed by atoms with Gasteiger partial charge in [-0.1, -0.05) is 49.6 Å². The highest BCUT2D eigenvalue weighted by Gasteiger charge is 2.49. The smallest absolute Gasteiger partial charge is 0.328 e. The Labute approximate surface area is 268 Å². The maximum atomic E-state index is 14.2. The molecule has 0 saturated heterocycles. The molecule has 1 aromatic heterocycles. The third-order valence-electron chi connectivity index (χ3n) is 10.2. The van der Waals surface area contributed by atoms with E-state index in [1.807, 2.05) is 24.3 Å². The van der Waals surface area contributed by atoms with Crippen LogP contribution in [0.25, 0.3) is 28.2 Å². The van der Waals surface area contributed by atoms with Gasteiger partial charge in [-0.05, 0) is 91.6 Å². The quantitative estimate of drug-likeness (QED) is 0.210. The van der Waals surface area contributed by atoms with Gasteiger partial charge in [0.25, 0.3) is 5.91 Å². The van der Waals surface area contributed by atoms with Gasteiger partial charge in [0, 0.05) is 40.8 Å². The number of ether oxygens (including phenoxy) is 1. The molecule has 4 aromatic rings. The van der Waals surface area contributed by atoms with Gasteiger partial charge in [-0.25, -0.2) is 4.79 Å². The maximum Gasteiger partial charge on any atom is 0.328 e. The summed E-state index contributed by atoms with van der Waals surface area (Å²) in [6.45, 7) is 1.24. The number of fused-ring (bicyclic) bond motifs is 5. The minimum absolute atomic E-state index is 0.175. The van der Waals surface area contributed by atoms with Crippen molar-refractivity contribution in [3.8, 4) is 17.0 Å². The van der Waals surface area contributed by atoms with Crippen LogP contribution in [0.1, 0.15) is 78.8 Å². The molecule has 7 rings (SSSR count). The summed E-state index contributed by atoms with van der Waals surface area (Å²) < 4.78 is 8.55. The van der Waals surface area contributed by atoms with Gasteiger partial charge in [0.05, 0.1) is 12.2 Å². The lowest BCUT2D eigenvalue weighted by Gasteiger charge is -2.47. The minimum atomic E-state index is -1.02. The second kappa shape index (κ2) is 12.2. The molecule has 46 heavy (non-hydrogen) atoms. The lowest BCUT2D eigenvalue weighted by molar-refractivity contribution is -0.131. The van der Waals surface area contributed by atoms with Crippen molar-refractivity contribution < 1.29 is 24.2 Å². The van der Waals surface area contributed by atoms with E-state index >= 15 is 0 Å². The van der Waals surface area contributed by atoms with Crippen LogP contribution in [0.3, 0.4) is 0 Å². The number of amides is 2. The number of para-hydroxylation sites is 1. The predicted octanol–water partition coefficient (Wildman–Crippen LogP) is 7.48. The number of carboxylic acids is 1. The van der Waals surface area contributed by atoms with E-state index in [0.717, 1.165) is 42.2 Å². The van der Waals surface area contributed by atoms with Crippen molar-refractivity contribution in [3.05, 3.63) is 89.5 Å². The van der Waals surface area contributed by atoms with E-state index < -0.39 is 11.5 Å². The van der Waals surface area contributed by atoms with Crippen LogP contribution in [-0.4, -0.2) is 51.6 Å². The number of rotatable bonds is 7.